The van der Waals surface area contributed by atoms with Crippen LogP contribution in [-0.2, 0) is 4.74 Å². The molecule has 0 saturated heterocycles. The van der Waals surface area contributed by atoms with Crippen LogP contribution in [0, 0.1) is 4.64 Å². The molecule has 138 valence electrons. The lowest BCUT2D eigenvalue weighted by atomic mass is 10.1. The summed E-state index contributed by atoms with van der Waals surface area (Å²) in [6.07, 6.45) is 1.20. The molecule has 0 bridgehead atoms. The number of pyridine rings is 1. The second-order valence-corrected chi connectivity index (χ2v) is 7.27. The fourth-order valence-corrected chi connectivity index (χ4v) is 2.45. The Kier molecular flexibility index (Phi) is 6.15. The molecule has 0 aliphatic carbocycles. The van der Waals surface area contributed by atoms with E-state index in [1.165, 1.54) is 0 Å². The third kappa shape index (κ3) is 5.70. The zero-order chi connectivity index (χ0) is 19.3. The molecule has 1 heterocycles. The van der Waals surface area contributed by atoms with E-state index in [0.717, 1.165) is 5.56 Å². The van der Waals surface area contributed by atoms with Crippen molar-refractivity contribution in [3.63, 3.8) is 0 Å². The molecule has 7 heteroatoms. The van der Waals surface area contributed by atoms with Gasteiger partial charge < -0.3 is 20.4 Å². The summed E-state index contributed by atoms with van der Waals surface area (Å²) in [6.45, 7) is 7.30. The molecule has 0 spiro atoms. The normalized spacial score (nSPS) is 12.2. The van der Waals surface area contributed by atoms with Crippen molar-refractivity contribution < 1.29 is 14.3 Å². The van der Waals surface area contributed by atoms with Crippen LogP contribution in [0.5, 0.6) is 0 Å². The number of aromatic nitrogens is 1. The Labute approximate surface area is 158 Å². The number of hydrogen-bond donors (Lipinski definition) is 3. The zero-order valence-electron chi connectivity index (χ0n) is 15.3. The van der Waals surface area contributed by atoms with Crippen LogP contribution in [0.1, 0.15) is 49.7 Å². The van der Waals surface area contributed by atoms with Crippen molar-refractivity contribution in [3.05, 3.63) is 58.4 Å². The van der Waals surface area contributed by atoms with Crippen molar-refractivity contribution in [2.75, 3.05) is 5.32 Å². The number of alkyl carbamates (subject to hydrolysis) is 1. The minimum absolute atomic E-state index is 0.224. The van der Waals surface area contributed by atoms with Crippen molar-refractivity contribution in [2.24, 2.45) is 0 Å². The summed E-state index contributed by atoms with van der Waals surface area (Å²) >= 11 is 5.11. The highest BCUT2D eigenvalue weighted by atomic mass is 32.1. The Morgan fingerprint density at radius 3 is 2.38 bits per heavy atom. The van der Waals surface area contributed by atoms with Gasteiger partial charge in [-0.05, 0) is 57.5 Å². The molecule has 26 heavy (non-hydrogen) atoms. The van der Waals surface area contributed by atoms with Crippen LogP contribution in [0.2, 0.25) is 0 Å². The van der Waals surface area contributed by atoms with Crippen LogP contribution < -0.4 is 10.6 Å². The Morgan fingerprint density at radius 1 is 1.15 bits per heavy atom. The zero-order valence-corrected chi connectivity index (χ0v) is 16.1. The van der Waals surface area contributed by atoms with E-state index >= 15 is 0 Å². The molecule has 2 aromatic rings. The maximum absolute atomic E-state index is 12.3. The highest BCUT2D eigenvalue weighted by Gasteiger charge is 2.18. The topological polar surface area (TPSA) is 83.2 Å². The maximum Gasteiger partial charge on any atom is 0.408 e. The molecule has 0 saturated carbocycles. The van der Waals surface area contributed by atoms with E-state index in [1.807, 2.05) is 39.8 Å². The molecule has 1 unspecified atom stereocenters. The van der Waals surface area contributed by atoms with Gasteiger partial charge in [0.1, 0.15) is 10.2 Å². The fraction of sp³-hybridized carbons (Fsp3) is 0.316. The van der Waals surface area contributed by atoms with Gasteiger partial charge in [-0.3, -0.25) is 4.79 Å². The first-order valence-electron chi connectivity index (χ1n) is 8.24. The van der Waals surface area contributed by atoms with Gasteiger partial charge in [0.2, 0.25) is 0 Å². The fourth-order valence-electron chi connectivity index (χ4n) is 2.22. The third-order valence-corrected chi connectivity index (χ3v) is 3.80. The monoisotopic (exact) mass is 373 g/mol. The van der Waals surface area contributed by atoms with Crippen LogP contribution in [-0.4, -0.2) is 22.6 Å². The van der Waals surface area contributed by atoms with Crippen LogP contribution in [0.4, 0.5) is 10.5 Å². The van der Waals surface area contributed by atoms with Crippen LogP contribution in [0.25, 0.3) is 0 Å². The van der Waals surface area contributed by atoms with Crippen LogP contribution in [0.15, 0.2) is 42.6 Å². The summed E-state index contributed by atoms with van der Waals surface area (Å²) in [6, 6.07) is 10.4. The van der Waals surface area contributed by atoms with Gasteiger partial charge in [0, 0.05) is 11.9 Å². The van der Waals surface area contributed by atoms with Gasteiger partial charge >= 0.3 is 6.09 Å². The van der Waals surface area contributed by atoms with Gasteiger partial charge in [0.05, 0.1) is 11.6 Å². The van der Waals surface area contributed by atoms with Crippen molar-refractivity contribution in [2.45, 2.75) is 39.3 Å². The van der Waals surface area contributed by atoms with E-state index in [9.17, 15) is 9.59 Å². The first-order valence-corrected chi connectivity index (χ1v) is 8.65. The molecule has 2 amide bonds. The second kappa shape index (κ2) is 8.14. The number of hydrogen-bond acceptors (Lipinski definition) is 4. The minimum atomic E-state index is -0.545. The average Bonchev–Trinajstić information content (AvgIpc) is 2.53. The van der Waals surface area contributed by atoms with Crippen molar-refractivity contribution in [1.82, 2.24) is 10.3 Å². The molecule has 1 aromatic heterocycles. The smallest absolute Gasteiger partial charge is 0.408 e. The third-order valence-electron chi connectivity index (χ3n) is 3.46. The Morgan fingerprint density at radius 2 is 1.81 bits per heavy atom. The van der Waals surface area contributed by atoms with Crippen LogP contribution >= 0.6 is 12.2 Å². The van der Waals surface area contributed by atoms with E-state index < -0.39 is 11.7 Å². The number of aromatic amines is 1. The number of nitrogens with one attached hydrogen (secondary N) is 3. The van der Waals surface area contributed by atoms with Gasteiger partial charge in [-0.15, -0.1) is 0 Å². The number of amides is 2. The van der Waals surface area contributed by atoms with Crippen molar-refractivity contribution >= 4 is 29.9 Å². The summed E-state index contributed by atoms with van der Waals surface area (Å²) in [7, 11) is 0. The molecule has 0 aliphatic heterocycles. The molecule has 1 atom stereocenters. The predicted molar refractivity (Wildman–Crippen MR) is 104 cm³/mol. The summed E-state index contributed by atoms with van der Waals surface area (Å²) in [4.78, 5) is 26.9. The summed E-state index contributed by atoms with van der Waals surface area (Å²) in [5.74, 6) is -0.278. The summed E-state index contributed by atoms with van der Waals surface area (Å²) < 4.78 is 5.63. The van der Waals surface area contributed by atoms with Gasteiger partial charge in [-0.2, -0.15) is 0 Å². The Balaban J connectivity index is 1.99. The second-order valence-electron chi connectivity index (χ2n) is 6.86. The molecular formula is C19H23N3O3S. The number of anilines is 1. The molecule has 3 N–H and O–H groups in total. The minimum Gasteiger partial charge on any atom is -0.444 e. The molecule has 6 nitrogen and oxygen atoms in total. The molecular weight excluding hydrogens is 350 g/mol. The van der Waals surface area contributed by atoms with E-state index in [4.69, 9.17) is 17.0 Å². The largest absolute Gasteiger partial charge is 0.444 e. The molecule has 0 radical (unpaired) electrons. The van der Waals surface area contributed by atoms with Crippen molar-refractivity contribution in [3.8, 4) is 0 Å². The van der Waals surface area contributed by atoms with E-state index in [0.29, 0.717) is 15.9 Å². The first kappa shape index (κ1) is 19.7. The number of H-pyrrole nitrogens is 1. The lowest BCUT2D eigenvalue weighted by Gasteiger charge is -2.22. The van der Waals surface area contributed by atoms with E-state index in [-0.39, 0.29) is 11.9 Å². The average molecular weight is 373 g/mol. The van der Waals surface area contributed by atoms with Gasteiger partial charge in [-0.1, -0.05) is 24.4 Å². The van der Waals surface area contributed by atoms with Gasteiger partial charge in [0.25, 0.3) is 5.91 Å². The quantitative estimate of drug-likeness (QED) is 0.685. The SMILES string of the molecule is CC(NC(=O)OC(C)(C)C)c1ccc(NC(=O)c2ccc[nH]c2=S)cc1. The first-order chi connectivity index (χ1) is 12.2. The summed E-state index contributed by atoms with van der Waals surface area (Å²) in [5.41, 5.74) is 1.40. The maximum atomic E-state index is 12.3. The number of rotatable bonds is 4. The van der Waals surface area contributed by atoms with Crippen molar-refractivity contribution in [1.29, 1.82) is 0 Å². The Hall–Kier alpha value is -2.67. The highest BCUT2D eigenvalue weighted by Crippen LogP contribution is 2.18. The number of carbonyl (C=O) groups excluding carboxylic acids is 2. The molecule has 1 aromatic carbocycles. The van der Waals surface area contributed by atoms with E-state index in [2.05, 4.69) is 15.6 Å². The molecule has 0 aliphatic rings. The van der Waals surface area contributed by atoms with Gasteiger partial charge in [-0.25, -0.2) is 4.79 Å². The summed E-state index contributed by atoms with van der Waals surface area (Å²) in [5, 5.41) is 5.58. The number of benzene rings is 1. The standard InChI is InChI=1S/C19H23N3O3S/c1-12(21-18(24)25-19(2,3)4)13-7-9-14(10-8-13)22-16(23)15-6-5-11-20-17(15)26/h5-12H,1-4H3,(H,20,26)(H,21,24)(H,22,23). The predicted octanol–water partition coefficient (Wildman–Crippen LogP) is 4.58. The van der Waals surface area contributed by atoms with E-state index in [1.54, 1.807) is 30.5 Å². The Bertz CT molecular complexity index is 838. The van der Waals surface area contributed by atoms with Gasteiger partial charge in [0.15, 0.2) is 0 Å². The lowest BCUT2D eigenvalue weighted by molar-refractivity contribution is 0.0508. The molecule has 0 fully saturated rings. The number of ether oxygens (including phenoxy) is 1. The number of carbonyl (C=O) groups is 2. The highest BCUT2D eigenvalue weighted by molar-refractivity contribution is 7.71. The lowest BCUT2D eigenvalue weighted by Crippen LogP contribution is -2.34. The molecule has 2 rings (SSSR count). The van der Waals surface area contributed by atoms with Crippen LogP contribution in [0.3, 0.4) is 0 Å².